The molecule has 0 aliphatic rings. The van der Waals surface area contributed by atoms with Gasteiger partial charge in [-0.15, -0.1) is 0 Å². The standard InChI is InChI=1S/C20H19ClN4O2/c1-13(14-6-4-3-5-7-14)24-20(26)17-11-23-19(12-22-17)25-15-8-9-18(27-2)16(21)10-15/h3-13H,1-2H3,(H,23,25)(H,24,26). The Morgan fingerprint density at radius 3 is 2.52 bits per heavy atom. The van der Waals surface area contributed by atoms with Crippen molar-refractivity contribution in [1.82, 2.24) is 15.3 Å². The summed E-state index contributed by atoms with van der Waals surface area (Å²) in [4.78, 5) is 20.8. The molecule has 7 heteroatoms. The minimum atomic E-state index is -0.280. The Morgan fingerprint density at radius 1 is 1.11 bits per heavy atom. The molecule has 0 saturated heterocycles. The van der Waals surface area contributed by atoms with E-state index in [0.29, 0.717) is 16.6 Å². The summed E-state index contributed by atoms with van der Waals surface area (Å²) in [5.74, 6) is 0.814. The first-order valence-corrected chi connectivity index (χ1v) is 8.73. The van der Waals surface area contributed by atoms with Crippen LogP contribution in [0.3, 0.4) is 0 Å². The van der Waals surface area contributed by atoms with Crippen LogP contribution in [0.1, 0.15) is 29.0 Å². The predicted octanol–water partition coefficient (Wildman–Crippen LogP) is 4.37. The van der Waals surface area contributed by atoms with Gasteiger partial charge in [-0.2, -0.15) is 0 Å². The molecule has 0 radical (unpaired) electrons. The highest BCUT2D eigenvalue weighted by atomic mass is 35.5. The first kappa shape index (κ1) is 18.7. The minimum Gasteiger partial charge on any atom is -0.495 e. The first-order chi connectivity index (χ1) is 13.1. The number of benzene rings is 2. The number of halogens is 1. The average molecular weight is 383 g/mol. The monoisotopic (exact) mass is 382 g/mol. The molecular weight excluding hydrogens is 364 g/mol. The molecule has 1 unspecified atom stereocenters. The number of hydrogen-bond donors (Lipinski definition) is 2. The van der Waals surface area contributed by atoms with Gasteiger partial charge in [0.25, 0.3) is 5.91 Å². The third kappa shape index (κ3) is 4.74. The van der Waals surface area contributed by atoms with Gasteiger partial charge >= 0.3 is 0 Å². The molecule has 0 saturated carbocycles. The van der Waals surface area contributed by atoms with Crippen molar-refractivity contribution in [2.24, 2.45) is 0 Å². The molecule has 27 heavy (non-hydrogen) atoms. The van der Waals surface area contributed by atoms with E-state index in [9.17, 15) is 4.79 Å². The second kappa shape index (κ2) is 8.51. The molecule has 0 spiro atoms. The van der Waals surface area contributed by atoms with Crippen molar-refractivity contribution in [3.05, 3.63) is 77.2 Å². The second-order valence-corrected chi connectivity index (χ2v) is 6.27. The lowest BCUT2D eigenvalue weighted by atomic mass is 10.1. The Morgan fingerprint density at radius 2 is 1.89 bits per heavy atom. The topological polar surface area (TPSA) is 76.1 Å². The molecule has 138 valence electrons. The number of amides is 1. The number of rotatable bonds is 6. The van der Waals surface area contributed by atoms with Crippen LogP contribution in [0.25, 0.3) is 0 Å². The average Bonchev–Trinajstić information content (AvgIpc) is 2.69. The van der Waals surface area contributed by atoms with Crippen molar-refractivity contribution < 1.29 is 9.53 Å². The quantitative estimate of drug-likeness (QED) is 0.661. The first-order valence-electron chi connectivity index (χ1n) is 8.35. The summed E-state index contributed by atoms with van der Waals surface area (Å²) in [7, 11) is 1.56. The number of methoxy groups -OCH3 is 1. The molecule has 3 rings (SSSR count). The van der Waals surface area contributed by atoms with Crippen molar-refractivity contribution in [2.75, 3.05) is 12.4 Å². The van der Waals surface area contributed by atoms with Gasteiger partial charge in [0.05, 0.1) is 30.6 Å². The summed E-state index contributed by atoms with van der Waals surface area (Å²) in [5, 5.41) is 6.48. The van der Waals surface area contributed by atoms with E-state index in [-0.39, 0.29) is 17.6 Å². The SMILES string of the molecule is COc1ccc(Nc2cnc(C(=O)NC(C)c3ccccc3)cn2)cc1Cl. The third-order valence-corrected chi connectivity index (χ3v) is 4.25. The van der Waals surface area contributed by atoms with Crippen LogP contribution in [0.4, 0.5) is 11.5 Å². The van der Waals surface area contributed by atoms with E-state index >= 15 is 0 Å². The fourth-order valence-electron chi connectivity index (χ4n) is 2.50. The summed E-state index contributed by atoms with van der Waals surface area (Å²) >= 11 is 6.11. The van der Waals surface area contributed by atoms with Crippen molar-refractivity contribution in [3.8, 4) is 5.75 Å². The Labute approximate surface area is 162 Å². The van der Waals surface area contributed by atoms with Gasteiger partial charge in [-0.25, -0.2) is 9.97 Å². The van der Waals surface area contributed by atoms with E-state index in [1.165, 1.54) is 12.4 Å². The number of aromatic nitrogens is 2. The van der Waals surface area contributed by atoms with E-state index in [1.807, 2.05) is 43.3 Å². The van der Waals surface area contributed by atoms with Crippen LogP contribution < -0.4 is 15.4 Å². The lowest BCUT2D eigenvalue weighted by Crippen LogP contribution is -2.27. The summed E-state index contributed by atoms with van der Waals surface area (Å²) in [6.45, 7) is 1.92. The van der Waals surface area contributed by atoms with Crippen LogP contribution in [0.2, 0.25) is 5.02 Å². The summed E-state index contributed by atoms with van der Waals surface area (Å²) in [6.07, 6.45) is 2.93. The van der Waals surface area contributed by atoms with E-state index in [4.69, 9.17) is 16.3 Å². The Bertz CT molecular complexity index is 917. The minimum absolute atomic E-state index is 0.125. The van der Waals surface area contributed by atoms with Gasteiger partial charge in [0.15, 0.2) is 0 Å². The highest BCUT2D eigenvalue weighted by molar-refractivity contribution is 6.32. The van der Waals surface area contributed by atoms with Gasteiger partial charge in [0.1, 0.15) is 17.3 Å². The Hall–Kier alpha value is -3.12. The third-order valence-electron chi connectivity index (χ3n) is 3.96. The maximum atomic E-state index is 12.3. The van der Waals surface area contributed by atoms with E-state index in [2.05, 4.69) is 20.6 Å². The predicted molar refractivity (Wildman–Crippen MR) is 106 cm³/mol. The van der Waals surface area contributed by atoms with Crippen molar-refractivity contribution in [1.29, 1.82) is 0 Å². The van der Waals surface area contributed by atoms with E-state index in [0.717, 1.165) is 11.3 Å². The van der Waals surface area contributed by atoms with E-state index in [1.54, 1.807) is 19.2 Å². The fourth-order valence-corrected chi connectivity index (χ4v) is 2.76. The molecule has 1 heterocycles. The normalized spacial score (nSPS) is 11.5. The van der Waals surface area contributed by atoms with Crippen molar-refractivity contribution in [3.63, 3.8) is 0 Å². The Balaban J connectivity index is 1.64. The number of hydrogen-bond acceptors (Lipinski definition) is 5. The van der Waals surface area contributed by atoms with Crippen LogP contribution in [0.15, 0.2) is 60.9 Å². The van der Waals surface area contributed by atoms with Gasteiger partial charge in [-0.3, -0.25) is 4.79 Å². The van der Waals surface area contributed by atoms with Crippen LogP contribution >= 0.6 is 11.6 Å². The van der Waals surface area contributed by atoms with Crippen LogP contribution in [-0.4, -0.2) is 23.0 Å². The molecule has 0 aliphatic carbocycles. The van der Waals surface area contributed by atoms with Gasteiger partial charge in [-0.1, -0.05) is 41.9 Å². The number of carbonyl (C=O) groups is 1. The molecule has 0 aliphatic heterocycles. The van der Waals surface area contributed by atoms with Crippen molar-refractivity contribution >= 4 is 29.0 Å². The molecule has 1 aromatic heterocycles. The van der Waals surface area contributed by atoms with Gasteiger partial charge in [0.2, 0.25) is 0 Å². The maximum absolute atomic E-state index is 12.3. The zero-order chi connectivity index (χ0) is 19.2. The number of ether oxygens (including phenoxy) is 1. The number of anilines is 2. The van der Waals surface area contributed by atoms with Crippen molar-refractivity contribution in [2.45, 2.75) is 13.0 Å². The molecule has 1 atom stereocenters. The highest BCUT2D eigenvalue weighted by Gasteiger charge is 2.13. The van der Waals surface area contributed by atoms with E-state index < -0.39 is 0 Å². The molecule has 1 amide bonds. The smallest absolute Gasteiger partial charge is 0.271 e. The number of nitrogens with one attached hydrogen (secondary N) is 2. The number of nitrogens with zero attached hydrogens (tertiary/aromatic N) is 2. The molecule has 6 nitrogen and oxygen atoms in total. The molecule has 2 aromatic carbocycles. The molecule has 0 bridgehead atoms. The summed E-state index contributed by atoms with van der Waals surface area (Å²) in [5.41, 5.74) is 2.01. The van der Waals surface area contributed by atoms with Crippen LogP contribution in [-0.2, 0) is 0 Å². The summed E-state index contributed by atoms with van der Waals surface area (Å²) in [6, 6.07) is 14.9. The van der Waals surface area contributed by atoms with Crippen LogP contribution in [0.5, 0.6) is 5.75 Å². The highest BCUT2D eigenvalue weighted by Crippen LogP contribution is 2.28. The van der Waals surface area contributed by atoms with Gasteiger partial charge in [-0.05, 0) is 30.7 Å². The van der Waals surface area contributed by atoms with Crippen LogP contribution in [0, 0.1) is 0 Å². The fraction of sp³-hybridized carbons (Fsp3) is 0.150. The molecule has 2 N–H and O–H groups in total. The van der Waals surface area contributed by atoms with Gasteiger partial charge < -0.3 is 15.4 Å². The second-order valence-electron chi connectivity index (χ2n) is 5.87. The van der Waals surface area contributed by atoms with Gasteiger partial charge in [0, 0.05) is 5.69 Å². The number of carbonyl (C=O) groups excluding carboxylic acids is 1. The lowest BCUT2D eigenvalue weighted by Gasteiger charge is -2.14. The zero-order valence-corrected chi connectivity index (χ0v) is 15.7. The molecule has 0 fully saturated rings. The lowest BCUT2D eigenvalue weighted by molar-refractivity contribution is 0.0934. The molecular formula is C20H19ClN4O2. The Kier molecular flexibility index (Phi) is 5.88. The summed E-state index contributed by atoms with van der Waals surface area (Å²) < 4.78 is 5.12. The molecule has 3 aromatic rings. The zero-order valence-electron chi connectivity index (χ0n) is 14.9. The maximum Gasteiger partial charge on any atom is 0.271 e. The largest absolute Gasteiger partial charge is 0.495 e.